The second-order valence-electron chi connectivity index (χ2n) is 4.96. The Morgan fingerprint density at radius 3 is 2.84 bits per heavy atom. The maximum absolute atomic E-state index is 12.6. The summed E-state index contributed by atoms with van der Waals surface area (Å²) in [5.74, 6) is 0.0627. The van der Waals surface area contributed by atoms with Crippen molar-refractivity contribution in [3.63, 3.8) is 0 Å². The molecule has 0 aromatic heterocycles. The van der Waals surface area contributed by atoms with Crippen molar-refractivity contribution in [3.8, 4) is 0 Å². The number of anilines is 2. The highest BCUT2D eigenvalue weighted by atomic mass is 16.5. The third-order valence-corrected chi connectivity index (χ3v) is 3.71. The first-order chi connectivity index (χ1) is 9.27. The first-order valence-electron chi connectivity index (χ1n) is 6.71. The lowest BCUT2D eigenvalue weighted by molar-refractivity contribution is -0.131. The van der Waals surface area contributed by atoms with Gasteiger partial charge in [-0.1, -0.05) is 12.1 Å². The normalized spacial score (nSPS) is 23.1. The zero-order chi connectivity index (χ0) is 13.2. The molecule has 0 radical (unpaired) electrons. The predicted molar refractivity (Wildman–Crippen MR) is 74.7 cm³/mol. The summed E-state index contributed by atoms with van der Waals surface area (Å²) in [5.41, 5.74) is 2.08. The van der Waals surface area contributed by atoms with Gasteiger partial charge in [-0.25, -0.2) is 0 Å². The van der Waals surface area contributed by atoms with Crippen LogP contribution < -0.4 is 15.1 Å². The maximum Gasteiger partial charge on any atom is 0.257 e. The van der Waals surface area contributed by atoms with E-state index in [1.54, 1.807) is 0 Å². The average Bonchev–Trinajstić information content (AvgIpc) is 2.48. The number of ether oxygens (including phenoxy) is 1. The molecule has 19 heavy (non-hydrogen) atoms. The number of nitrogens with one attached hydrogen (secondary N) is 1. The number of amides is 1. The fourth-order valence-electron chi connectivity index (χ4n) is 2.63. The summed E-state index contributed by atoms with van der Waals surface area (Å²) in [7, 11) is 2.05. The number of likely N-dealkylation sites (N-methyl/N-ethyl adjacent to an activating group) is 1. The van der Waals surface area contributed by atoms with E-state index >= 15 is 0 Å². The Bertz CT molecular complexity index is 472. The third-order valence-electron chi connectivity index (χ3n) is 3.71. The van der Waals surface area contributed by atoms with Gasteiger partial charge in [0.25, 0.3) is 5.91 Å². The van der Waals surface area contributed by atoms with Crippen LogP contribution in [0.2, 0.25) is 0 Å². The van der Waals surface area contributed by atoms with Gasteiger partial charge in [-0.3, -0.25) is 4.79 Å². The van der Waals surface area contributed by atoms with E-state index in [0.717, 1.165) is 24.5 Å². The summed E-state index contributed by atoms with van der Waals surface area (Å²) >= 11 is 0. The minimum atomic E-state index is -0.356. The molecule has 1 fully saturated rings. The van der Waals surface area contributed by atoms with Crippen molar-refractivity contribution in [2.45, 2.75) is 6.10 Å². The van der Waals surface area contributed by atoms with Gasteiger partial charge in [0, 0.05) is 33.2 Å². The number of hydrogen-bond donors (Lipinski definition) is 1. The molecule has 1 saturated heterocycles. The molecule has 1 aromatic rings. The Hall–Kier alpha value is -1.59. The van der Waals surface area contributed by atoms with Crippen molar-refractivity contribution >= 4 is 17.3 Å². The predicted octanol–water partition coefficient (Wildman–Crippen LogP) is 0.458. The highest BCUT2D eigenvalue weighted by molar-refractivity contribution is 6.00. The van der Waals surface area contributed by atoms with E-state index < -0.39 is 0 Å². The number of morpholine rings is 1. The van der Waals surface area contributed by atoms with E-state index in [9.17, 15) is 4.79 Å². The Labute approximate surface area is 113 Å². The van der Waals surface area contributed by atoms with Crippen LogP contribution in [0.15, 0.2) is 24.3 Å². The van der Waals surface area contributed by atoms with Crippen molar-refractivity contribution in [1.29, 1.82) is 0 Å². The van der Waals surface area contributed by atoms with Crippen molar-refractivity contribution in [2.75, 3.05) is 49.6 Å². The Morgan fingerprint density at radius 2 is 2.11 bits per heavy atom. The minimum absolute atomic E-state index is 0.0627. The van der Waals surface area contributed by atoms with Crippen LogP contribution in [0.25, 0.3) is 0 Å². The number of rotatable bonds is 1. The largest absolute Gasteiger partial charge is 0.371 e. The average molecular weight is 261 g/mol. The van der Waals surface area contributed by atoms with Crippen LogP contribution in [0.1, 0.15) is 0 Å². The molecule has 1 N–H and O–H groups in total. The monoisotopic (exact) mass is 261 g/mol. The van der Waals surface area contributed by atoms with Gasteiger partial charge in [-0.05, 0) is 12.1 Å². The SMILES string of the molecule is CN1CCN(C(=O)[C@H]2CNCCO2)c2ccccc21. The number of para-hydroxylation sites is 2. The molecule has 5 nitrogen and oxygen atoms in total. The molecule has 102 valence electrons. The standard InChI is InChI=1S/C14H19N3O2/c1-16-7-8-17(12-5-3-2-4-11(12)16)14(18)13-10-15-6-9-19-13/h2-5,13,15H,6-10H2,1H3/t13-/m1/s1. The number of carbonyl (C=O) groups is 1. The Balaban J connectivity index is 1.85. The summed E-state index contributed by atoms with van der Waals surface area (Å²) < 4.78 is 5.57. The minimum Gasteiger partial charge on any atom is -0.371 e. The Kier molecular flexibility index (Phi) is 3.40. The molecular weight excluding hydrogens is 242 g/mol. The van der Waals surface area contributed by atoms with Gasteiger partial charge in [0.15, 0.2) is 0 Å². The summed E-state index contributed by atoms with van der Waals surface area (Å²) in [6, 6.07) is 8.02. The van der Waals surface area contributed by atoms with E-state index in [2.05, 4.69) is 23.3 Å². The number of nitrogens with zero attached hydrogens (tertiary/aromatic N) is 2. The van der Waals surface area contributed by atoms with Crippen LogP contribution in [0.3, 0.4) is 0 Å². The molecule has 0 aliphatic carbocycles. The van der Waals surface area contributed by atoms with Gasteiger partial charge in [0.05, 0.1) is 18.0 Å². The second kappa shape index (κ2) is 5.19. The van der Waals surface area contributed by atoms with E-state index in [4.69, 9.17) is 4.74 Å². The second-order valence-corrected chi connectivity index (χ2v) is 4.96. The van der Waals surface area contributed by atoms with Gasteiger partial charge >= 0.3 is 0 Å². The van der Waals surface area contributed by atoms with Crippen LogP contribution in [0, 0.1) is 0 Å². The van der Waals surface area contributed by atoms with E-state index in [0.29, 0.717) is 19.7 Å². The topological polar surface area (TPSA) is 44.8 Å². The maximum atomic E-state index is 12.6. The van der Waals surface area contributed by atoms with Crippen LogP contribution in [0.4, 0.5) is 11.4 Å². The van der Waals surface area contributed by atoms with Crippen LogP contribution >= 0.6 is 0 Å². The van der Waals surface area contributed by atoms with Gasteiger partial charge in [0.1, 0.15) is 6.10 Å². The lowest BCUT2D eigenvalue weighted by Gasteiger charge is -2.37. The molecule has 0 bridgehead atoms. The molecule has 1 aromatic carbocycles. The number of carbonyl (C=O) groups excluding carboxylic acids is 1. The van der Waals surface area contributed by atoms with E-state index in [1.807, 2.05) is 23.1 Å². The highest BCUT2D eigenvalue weighted by Crippen LogP contribution is 2.32. The molecule has 0 spiro atoms. The zero-order valence-electron chi connectivity index (χ0n) is 11.1. The summed E-state index contributed by atoms with van der Waals surface area (Å²) in [4.78, 5) is 16.6. The lowest BCUT2D eigenvalue weighted by atomic mass is 10.1. The highest BCUT2D eigenvalue weighted by Gasteiger charge is 2.31. The number of hydrogen-bond acceptors (Lipinski definition) is 4. The first kappa shape index (κ1) is 12.4. The van der Waals surface area contributed by atoms with Gasteiger partial charge in [-0.2, -0.15) is 0 Å². The van der Waals surface area contributed by atoms with Gasteiger partial charge in [0.2, 0.25) is 0 Å². The lowest BCUT2D eigenvalue weighted by Crippen LogP contribution is -2.52. The van der Waals surface area contributed by atoms with E-state index in [1.165, 1.54) is 0 Å². The molecule has 3 rings (SSSR count). The summed E-state index contributed by atoms with van der Waals surface area (Å²) in [6.07, 6.45) is -0.356. The quantitative estimate of drug-likeness (QED) is 0.797. The third kappa shape index (κ3) is 2.31. The smallest absolute Gasteiger partial charge is 0.257 e. The van der Waals surface area contributed by atoms with Crippen molar-refractivity contribution in [1.82, 2.24) is 5.32 Å². The fraction of sp³-hybridized carbons (Fsp3) is 0.500. The van der Waals surface area contributed by atoms with E-state index in [-0.39, 0.29) is 12.0 Å². The molecule has 5 heteroatoms. The zero-order valence-corrected chi connectivity index (χ0v) is 11.1. The van der Waals surface area contributed by atoms with Gasteiger partial charge < -0.3 is 19.9 Å². The van der Waals surface area contributed by atoms with Crippen molar-refractivity contribution in [3.05, 3.63) is 24.3 Å². The van der Waals surface area contributed by atoms with Crippen molar-refractivity contribution < 1.29 is 9.53 Å². The fourth-order valence-corrected chi connectivity index (χ4v) is 2.63. The van der Waals surface area contributed by atoms with Crippen LogP contribution in [-0.2, 0) is 9.53 Å². The summed E-state index contributed by atoms with van der Waals surface area (Å²) in [5, 5.41) is 3.20. The first-order valence-corrected chi connectivity index (χ1v) is 6.71. The molecule has 2 aliphatic rings. The molecular formula is C14H19N3O2. The number of fused-ring (bicyclic) bond motifs is 1. The van der Waals surface area contributed by atoms with Gasteiger partial charge in [-0.15, -0.1) is 0 Å². The molecule has 0 unspecified atom stereocenters. The number of benzene rings is 1. The van der Waals surface area contributed by atoms with Crippen LogP contribution in [0.5, 0.6) is 0 Å². The molecule has 1 atom stereocenters. The molecule has 1 amide bonds. The van der Waals surface area contributed by atoms with Crippen LogP contribution in [-0.4, -0.2) is 51.8 Å². The molecule has 2 heterocycles. The Morgan fingerprint density at radius 1 is 1.32 bits per heavy atom. The van der Waals surface area contributed by atoms with Crippen molar-refractivity contribution in [2.24, 2.45) is 0 Å². The molecule has 0 saturated carbocycles. The molecule has 2 aliphatic heterocycles. The summed E-state index contributed by atoms with van der Waals surface area (Å²) in [6.45, 7) is 3.59.